The van der Waals surface area contributed by atoms with Crippen LogP contribution in [-0.2, 0) is 14.8 Å². The summed E-state index contributed by atoms with van der Waals surface area (Å²) < 4.78 is 52.1. The standard InChI is InChI=1S/C16H17F2N3O3S/c1-11(12-4-7-19-8-5-12)21-16(22)6-9-20-25(23,24)13-2-3-14(17)15(18)10-13/h2-5,7-8,10-11,20H,6,9H2,1H3,(H,21,22). The Kier molecular flexibility index (Phi) is 6.16. The number of benzene rings is 1. The largest absolute Gasteiger partial charge is 0.350 e. The van der Waals surface area contributed by atoms with Gasteiger partial charge in [-0.2, -0.15) is 0 Å². The molecule has 1 aromatic heterocycles. The van der Waals surface area contributed by atoms with Gasteiger partial charge in [0, 0.05) is 25.4 Å². The third-order valence-electron chi connectivity index (χ3n) is 3.43. The highest BCUT2D eigenvalue weighted by Gasteiger charge is 2.17. The van der Waals surface area contributed by atoms with Crippen LogP contribution in [0.25, 0.3) is 0 Å². The maximum absolute atomic E-state index is 13.1. The molecular formula is C16H17F2N3O3S. The van der Waals surface area contributed by atoms with Crippen molar-refractivity contribution in [2.24, 2.45) is 0 Å². The zero-order chi connectivity index (χ0) is 18.4. The van der Waals surface area contributed by atoms with Gasteiger partial charge in [-0.15, -0.1) is 0 Å². The van der Waals surface area contributed by atoms with Crippen molar-refractivity contribution >= 4 is 15.9 Å². The van der Waals surface area contributed by atoms with Gasteiger partial charge in [-0.1, -0.05) is 0 Å². The summed E-state index contributed by atoms with van der Waals surface area (Å²) in [5.74, 6) is -2.74. The number of nitrogens with zero attached hydrogens (tertiary/aromatic N) is 1. The summed E-state index contributed by atoms with van der Waals surface area (Å²) in [5, 5.41) is 2.73. The second-order valence-electron chi connectivity index (χ2n) is 5.29. The first-order valence-electron chi connectivity index (χ1n) is 7.43. The lowest BCUT2D eigenvalue weighted by atomic mass is 10.1. The second kappa shape index (κ2) is 8.13. The number of sulfonamides is 1. The van der Waals surface area contributed by atoms with Crippen LogP contribution in [0.15, 0.2) is 47.6 Å². The quantitative estimate of drug-likeness (QED) is 0.780. The minimum Gasteiger partial charge on any atom is -0.350 e. The van der Waals surface area contributed by atoms with Crippen molar-refractivity contribution in [1.29, 1.82) is 0 Å². The molecule has 9 heteroatoms. The average molecular weight is 369 g/mol. The zero-order valence-electron chi connectivity index (χ0n) is 13.4. The predicted molar refractivity (Wildman–Crippen MR) is 87.0 cm³/mol. The van der Waals surface area contributed by atoms with Crippen molar-refractivity contribution in [2.75, 3.05) is 6.54 Å². The van der Waals surface area contributed by atoms with Crippen LogP contribution in [-0.4, -0.2) is 25.9 Å². The van der Waals surface area contributed by atoms with E-state index in [2.05, 4.69) is 15.0 Å². The van der Waals surface area contributed by atoms with Gasteiger partial charge in [0.1, 0.15) is 0 Å². The maximum Gasteiger partial charge on any atom is 0.240 e. The molecule has 0 aliphatic rings. The smallest absolute Gasteiger partial charge is 0.240 e. The number of carbonyl (C=O) groups excluding carboxylic acids is 1. The lowest BCUT2D eigenvalue weighted by Gasteiger charge is -2.14. The van der Waals surface area contributed by atoms with E-state index in [0.29, 0.717) is 6.07 Å². The number of hydrogen-bond donors (Lipinski definition) is 2. The molecule has 134 valence electrons. The molecule has 0 saturated heterocycles. The molecule has 0 radical (unpaired) electrons. The Morgan fingerprint density at radius 2 is 1.84 bits per heavy atom. The Morgan fingerprint density at radius 3 is 2.48 bits per heavy atom. The number of aromatic nitrogens is 1. The number of amides is 1. The lowest BCUT2D eigenvalue weighted by Crippen LogP contribution is -2.32. The predicted octanol–water partition coefficient (Wildman–Crippen LogP) is 1.91. The Morgan fingerprint density at radius 1 is 1.16 bits per heavy atom. The number of nitrogens with one attached hydrogen (secondary N) is 2. The molecule has 0 aliphatic heterocycles. The van der Waals surface area contributed by atoms with Gasteiger partial charge in [0.25, 0.3) is 0 Å². The maximum atomic E-state index is 13.1. The molecular weight excluding hydrogens is 352 g/mol. The van der Waals surface area contributed by atoms with Crippen LogP contribution < -0.4 is 10.0 Å². The summed E-state index contributed by atoms with van der Waals surface area (Å²) in [6, 6.07) is 5.54. The van der Waals surface area contributed by atoms with E-state index in [-0.39, 0.29) is 24.9 Å². The fraction of sp³-hybridized carbons (Fsp3) is 0.250. The highest BCUT2D eigenvalue weighted by Crippen LogP contribution is 2.14. The van der Waals surface area contributed by atoms with E-state index in [1.54, 1.807) is 31.5 Å². The molecule has 2 aromatic rings. The van der Waals surface area contributed by atoms with Crippen molar-refractivity contribution in [2.45, 2.75) is 24.3 Å². The topological polar surface area (TPSA) is 88.2 Å². The molecule has 25 heavy (non-hydrogen) atoms. The Bertz CT molecular complexity index is 845. The second-order valence-corrected chi connectivity index (χ2v) is 7.06. The minimum atomic E-state index is -4.02. The third-order valence-corrected chi connectivity index (χ3v) is 4.89. The molecule has 1 atom stereocenters. The van der Waals surface area contributed by atoms with Gasteiger partial charge >= 0.3 is 0 Å². The molecule has 0 bridgehead atoms. The molecule has 0 saturated carbocycles. The fourth-order valence-corrected chi connectivity index (χ4v) is 3.12. The fourth-order valence-electron chi connectivity index (χ4n) is 2.08. The monoisotopic (exact) mass is 369 g/mol. The zero-order valence-corrected chi connectivity index (χ0v) is 14.2. The van der Waals surface area contributed by atoms with Crippen LogP contribution in [0.5, 0.6) is 0 Å². The van der Waals surface area contributed by atoms with Crippen LogP contribution in [0.4, 0.5) is 8.78 Å². The lowest BCUT2D eigenvalue weighted by molar-refractivity contribution is -0.121. The SMILES string of the molecule is CC(NC(=O)CCNS(=O)(=O)c1ccc(F)c(F)c1)c1ccncc1. The van der Waals surface area contributed by atoms with Gasteiger partial charge in [0.2, 0.25) is 15.9 Å². The van der Waals surface area contributed by atoms with Gasteiger partial charge in [0.05, 0.1) is 10.9 Å². The van der Waals surface area contributed by atoms with Crippen LogP contribution >= 0.6 is 0 Å². The van der Waals surface area contributed by atoms with Gasteiger partial charge < -0.3 is 5.32 Å². The van der Waals surface area contributed by atoms with Gasteiger partial charge in [-0.05, 0) is 42.8 Å². The van der Waals surface area contributed by atoms with Crippen molar-refractivity contribution in [3.05, 3.63) is 59.9 Å². The van der Waals surface area contributed by atoms with E-state index < -0.39 is 26.6 Å². The van der Waals surface area contributed by atoms with E-state index >= 15 is 0 Å². The van der Waals surface area contributed by atoms with E-state index in [1.165, 1.54) is 0 Å². The first-order valence-corrected chi connectivity index (χ1v) is 8.92. The van der Waals surface area contributed by atoms with E-state index in [0.717, 1.165) is 17.7 Å². The number of halogens is 2. The molecule has 1 amide bonds. The van der Waals surface area contributed by atoms with Crippen molar-refractivity contribution in [3.8, 4) is 0 Å². The van der Waals surface area contributed by atoms with Gasteiger partial charge in [-0.25, -0.2) is 21.9 Å². The van der Waals surface area contributed by atoms with Crippen molar-refractivity contribution in [1.82, 2.24) is 15.0 Å². The Balaban J connectivity index is 1.86. The highest BCUT2D eigenvalue weighted by molar-refractivity contribution is 7.89. The average Bonchev–Trinajstić information content (AvgIpc) is 2.57. The van der Waals surface area contributed by atoms with Crippen LogP contribution in [0.3, 0.4) is 0 Å². The van der Waals surface area contributed by atoms with Crippen LogP contribution in [0.1, 0.15) is 24.9 Å². The number of rotatable bonds is 7. The van der Waals surface area contributed by atoms with Crippen LogP contribution in [0, 0.1) is 11.6 Å². The summed E-state index contributed by atoms with van der Waals surface area (Å²) in [7, 11) is -4.02. The van der Waals surface area contributed by atoms with E-state index in [1.807, 2.05) is 0 Å². The molecule has 1 aromatic carbocycles. The first-order chi connectivity index (χ1) is 11.8. The third kappa shape index (κ3) is 5.30. The summed E-state index contributed by atoms with van der Waals surface area (Å²) in [5.41, 5.74) is 0.866. The van der Waals surface area contributed by atoms with E-state index in [4.69, 9.17) is 0 Å². The molecule has 1 unspecified atom stereocenters. The first kappa shape index (κ1) is 18.9. The van der Waals surface area contributed by atoms with Crippen molar-refractivity contribution < 1.29 is 22.0 Å². The molecule has 6 nitrogen and oxygen atoms in total. The molecule has 1 heterocycles. The molecule has 0 spiro atoms. The van der Waals surface area contributed by atoms with Gasteiger partial charge in [-0.3, -0.25) is 9.78 Å². The summed E-state index contributed by atoms with van der Waals surface area (Å²) in [6.07, 6.45) is 3.11. The molecule has 2 rings (SSSR count). The number of carbonyl (C=O) groups is 1. The molecule has 0 aliphatic carbocycles. The normalized spacial score (nSPS) is 12.6. The Hall–Kier alpha value is -2.39. The van der Waals surface area contributed by atoms with Crippen LogP contribution in [0.2, 0.25) is 0 Å². The molecule has 0 fully saturated rings. The van der Waals surface area contributed by atoms with Gasteiger partial charge in [0.15, 0.2) is 11.6 Å². The highest BCUT2D eigenvalue weighted by atomic mass is 32.2. The Labute approximate surface area is 144 Å². The summed E-state index contributed by atoms with van der Waals surface area (Å²) >= 11 is 0. The summed E-state index contributed by atoms with van der Waals surface area (Å²) in [4.78, 5) is 15.4. The van der Waals surface area contributed by atoms with E-state index in [9.17, 15) is 22.0 Å². The number of pyridine rings is 1. The number of hydrogen-bond acceptors (Lipinski definition) is 4. The molecule has 2 N–H and O–H groups in total. The summed E-state index contributed by atoms with van der Waals surface area (Å²) in [6.45, 7) is 1.62. The minimum absolute atomic E-state index is 0.0989. The van der Waals surface area contributed by atoms with Crippen molar-refractivity contribution in [3.63, 3.8) is 0 Å².